The van der Waals surface area contributed by atoms with Crippen molar-refractivity contribution in [2.75, 3.05) is 6.54 Å². The molecule has 0 fully saturated rings. The molecule has 140 valence electrons. The van der Waals surface area contributed by atoms with Gasteiger partial charge in [0.15, 0.2) is 11.5 Å². The van der Waals surface area contributed by atoms with Crippen molar-refractivity contribution in [2.24, 2.45) is 0 Å². The van der Waals surface area contributed by atoms with Crippen molar-refractivity contribution in [3.05, 3.63) is 58.8 Å². The quantitative estimate of drug-likeness (QED) is 0.537. The maximum atomic E-state index is 12.7. The van der Waals surface area contributed by atoms with E-state index in [4.69, 9.17) is 4.74 Å². The van der Waals surface area contributed by atoms with Crippen LogP contribution in [-0.2, 0) is 20.9 Å². The van der Waals surface area contributed by atoms with Gasteiger partial charge in [0.25, 0.3) is 5.91 Å². The first kappa shape index (κ1) is 18.6. The SMILES string of the molecule is CCCNC(=O)C(C)OC(=O)Cn1c2ccccc2c(=O)c2ccccc21. The van der Waals surface area contributed by atoms with Crippen LogP contribution in [0.15, 0.2) is 53.3 Å². The number of benzene rings is 2. The molecule has 6 nitrogen and oxygen atoms in total. The van der Waals surface area contributed by atoms with E-state index >= 15 is 0 Å². The molecular formula is C21H22N2O4. The zero-order valence-corrected chi connectivity index (χ0v) is 15.4. The Morgan fingerprint density at radius 3 is 2.15 bits per heavy atom. The van der Waals surface area contributed by atoms with Crippen molar-refractivity contribution in [2.45, 2.75) is 32.9 Å². The van der Waals surface area contributed by atoms with E-state index in [2.05, 4.69) is 5.32 Å². The molecule has 3 aromatic rings. The maximum Gasteiger partial charge on any atom is 0.326 e. The van der Waals surface area contributed by atoms with Crippen LogP contribution in [0, 0.1) is 0 Å². The summed E-state index contributed by atoms with van der Waals surface area (Å²) in [6.07, 6.45) is -0.0668. The number of amides is 1. The predicted octanol–water partition coefficient (Wildman–Crippen LogP) is 2.61. The van der Waals surface area contributed by atoms with Crippen molar-refractivity contribution in [1.29, 1.82) is 0 Å². The van der Waals surface area contributed by atoms with E-state index in [9.17, 15) is 14.4 Å². The van der Waals surface area contributed by atoms with Crippen LogP contribution in [0.5, 0.6) is 0 Å². The van der Waals surface area contributed by atoms with Gasteiger partial charge in [0, 0.05) is 17.3 Å². The van der Waals surface area contributed by atoms with Crippen LogP contribution < -0.4 is 10.7 Å². The van der Waals surface area contributed by atoms with Crippen LogP contribution in [0.2, 0.25) is 0 Å². The normalized spacial score (nSPS) is 12.1. The Bertz CT molecular complexity index is 995. The molecule has 3 rings (SSSR count). The topological polar surface area (TPSA) is 77.4 Å². The van der Waals surface area contributed by atoms with Gasteiger partial charge in [-0.15, -0.1) is 0 Å². The van der Waals surface area contributed by atoms with E-state index in [1.807, 2.05) is 19.1 Å². The van der Waals surface area contributed by atoms with E-state index in [0.717, 1.165) is 6.42 Å². The highest BCUT2D eigenvalue weighted by atomic mass is 16.5. The fourth-order valence-electron chi connectivity index (χ4n) is 3.06. The molecule has 1 heterocycles. The van der Waals surface area contributed by atoms with Crippen LogP contribution >= 0.6 is 0 Å². The van der Waals surface area contributed by atoms with Crippen molar-refractivity contribution in [1.82, 2.24) is 9.88 Å². The highest BCUT2D eigenvalue weighted by Gasteiger charge is 2.19. The Balaban J connectivity index is 1.94. The van der Waals surface area contributed by atoms with Crippen LogP contribution in [0.4, 0.5) is 0 Å². The highest BCUT2D eigenvalue weighted by molar-refractivity contribution is 5.94. The minimum Gasteiger partial charge on any atom is -0.451 e. The number of carbonyl (C=O) groups excluding carboxylic acids is 2. The van der Waals surface area contributed by atoms with Gasteiger partial charge in [0.2, 0.25) is 0 Å². The molecule has 0 saturated carbocycles. The number of hydrogen-bond acceptors (Lipinski definition) is 4. The number of nitrogens with one attached hydrogen (secondary N) is 1. The van der Waals surface area contributed by atoms with E-state index in [1.165, 1.54) is 0 Å². The van der Waals surface area contributed by atoms with Crippen molar-refractivity contribution < 1.29 is 14.3 Å². The lowest BCUT2D eigenvalue weighted by Crippen LogP contribution is -2.36. The first-order valence-electron chi connectivity index (χ1n) is 9.00. The summed E-state index contributed by atoms with van der Waals surface area (Å²) in [4.78, 5) is 37.1. The molecule has 0 spiro atoms. The van der Waals surface area contributed by atoms with Gasteiger partial charge in [-0.3, -0.25) is 14.4 Å². The Morgan fingerprint density at radius 2 is 1.59 bits per heavy atom. The van der Waals surface area contributed by atoms with Gasteiger partial charge in [-0.25, -0.2) is 0 Å². The summed E-state index contributed by atoms with van der Waals surface area (Å²) in [5.74, 6) is -0.854. The summed E-state index contributed by atoms with van der Waals surface area (Å²) >= 11 is 0. The number of rotatable bonds is 6. The molecule has 1 unspecified atom stereocenters. The second kappa shape index (κ2) is 8.03. The molecule has 0 bridgehead atoms. The number of nitrogens with zero attached hydrogens (tertiary/aromatic N) is 1. The van der Waals surface area contributed by atoms with E-state index < -0.39 is 12.1 Å². The maximum absolute atomic E-state index is 12.7. The monoisotopic (exact) mass is 366 g/mol. The average Bonchev–Trinajstić information content (AvgIpc) is 2.69. The molecule has 0 radical (unpaired) electrons. The van der Waals surface area contributed by atoms with Gasteiger partial charge >= 0.3 is 5.97 Å². The minimum absolute atomic E-state index is 0.0712. The summed E-state index contributed by atoms with van der Waals surface area (Å²) in [7, 11) is 0. The van der Waals surface area contributed by atoms with E-state index in [1.54, 1.807) is 47.9 Å². The first-order valence-corrected chi connectivity index (χ1v) is 9.00. The van der Waals surface area contributed by atoms with Crippen molar-refractivity contribution in [3.63, 3.8) is 0 Å². The van der Waals surface area contributed by atoms with Crippen LogP contribution in [0.1, 0.15) is 20.3 Å². The zero-order chi connectivity index (χ0) is 19.4. The highest BCUT2D eigenvalue weighted by Crippen LogP contribution is 2.19. The minimum atomic E-state index is -0.874. The van der Waals surface area contributed by atoms with Gasteiger partial charge in [0.1, 0.15) is 6.54 Å². The summed E-state index contributed by atoms with van der Waals surface area (Å²) in [5.41, 5.74) is 1.24. The Morgan fingerprint density at radius 1 is 1.04 bits per heavy atom. The summed E-state index contributed by atoms with van der Waals surface area (Å²) in [6, 6.07) is 14.3. The smallest absolute Gasteiger partial charge is 0.326 e. The second-order valence-electron chi connectivity index (χ2n) is 6.37. The number of aromatic nitrogens is 1. The number of ether oxygens (including phenoxy) is 1. The third kappa shape index (κ3) is 3.84. The Labute approximate surface area is 156 Å². The number of carbonyl (C=O) groups is 2. The molecule has 1 aromatic heterocycles. The second-order valence-corrected chi connectivity index (χ2v) is 6.37. The fraction of sp³-hybridized carbons (Fsp3) is 0.286. The van der Waals surface area contributed by atoms with Crippen LogP contribution in [0.3, 0.4) is 0 Å². The van der Waals surface area contributed by atoms with Gasteiger partial charge in [0.05, 0.1) is 11.0 Å². The standard InChI is InChI=1S/C21H22N2O4/c1-3-12-22-21(26)14(2)27-19(24)13-23-17-10-6-4-8-15(17)20(25)16-9-5-7-11-18(16)23/h4-11,14H,3,12-13H2,1-2H3,(H,22,26). The molecule has 2 aromatic carbocycles. The van der Waals surface area contributed by atoms with Gasteiger partial charge in [-0.1, -0.05) is 31.2 Å². The molecule has 0 aliphatic carbocycles. The van der Waals surface area contributed by atoms with E-state index in [-0.39, 0.29) is 17.9 Å². The van der Waals surface area contributed by atoms with Gasteiger partial charge < -0.3 is 14.6 Å². The molecule has 0 saturated heterocycles. The summed E-state index contributed by atoms with van der Waals surface area (Å²) in [6.45, 7) is 3.94. The molecule has 1 N–H and O–H groups in total. The third-order valence-electron chi connectivity index (χ3n) is 4.39. The lowest BCUT2D eigenvalue weighted by atomic mass is 10.1. The fourth-order valence-corrected chi connectivity index (χ4v) is 3.06. The number of hydrogen-bond donors (Lipinski definition) is 1. The molecule has 0 aliphatic rings. The number of pyridine rings is 1. The molecular weight excluding hydrogens is 344 g/mol. The Hall–Kier alpha value is -3.15. The van der Waals surface area contributed by atoms with Crippen LogP contribution in [-0.4, -0.2) is 29.1 Å². The molecule has 1 atom stereocenters. The van der Waals surface area contributed by atoms with Gasteiger partial charge in [-0.2, -0.15) is 0 Å². The van der Waals surface area contributed by atoms with Crippen molar-refractivity contribution in [3.8, 4) is 0 Å². The molecule has 6 heteroatoms. The number of fused-ring (bicyclic) bond motifs is 2. The summed E-state index contributed by atoms with van der Waals surface area (Å²) < 4.78 is 7.05. The lowest BCUT2D eigenvalue weighted by molar-refractivity contribution is -0.155. The summed E-state index contributed by atoms with van der Waals surface area (Å²) in [5, 5.41) is 3.78. The van der Waals surface area contributed by atoms with Gasteiger partial charge in [-0.05, 0) is 37.6 Å². The largest absolute Gasteiger partial charge is 0.451 e. The first-order chi connectivity index (χ1) is 13.0. The molecule has 0 aliphatic heterocycles. The zero-order valence-electron chi connectivity index (χ0n) is 15.4. The average molecular weight is 366 g/mol. The number of esters is 1. The number of para-hydroxylation sites is 2. The third-order valence-corrected chi connectivity index (χ3v) is 4.39. The molecule has 1 amide bonds. The lowest BCUT2D eigenvalue weighted by Gasteiger charge is -2.17. The van der Waals surface area contributed by atoms with E-state index in [0.29, 0.717) is 28.4 Å². The van der Waals surface area contributed by atoms with Crippen molar-refractivity contribution >= 4 is 33.7 Å². The predicted molar refractivity (Wildman–Crippen MR) is 105 cm³/mol. The van der Waals surface area contributed by atoms with Crippen LogP contribution in [0.25, 0.3) is 21.8 Å². The molecule has 27 heavy (non-hydrogen) atoms. The Kier molecular flexibility index (Phi) is 5.54.